The highest BCUT2D eigenvalue weighted by atomic mass is 16.5. The highest BCUT2D eigenvalue weighted by Gasteiger charge is 2.32. The third kappa shape index (κ3) is 5.14. The van der Waals surface area contributed by atoms with Gasteiger partial charge < -0.3 is 34.9 Å². The van der Waals surface area contributed by atoms with Gasteiger partial charge in [0.25, 0.3) is 0 Å². The zero-order valence-corrected chi connectivity index (χ0v) is 21.0. The first-order chi connectivity index (χ1) is 17.8. The molecule has 0 atom stereocenters. The van der Waals surface area contributed by atoms with Gasteiger partial charge in [-0.25, -0.2) is 9.78 Å². The number of nitrogens with one attached hydrogen (secondary N) is 1. The molecule has 0 radical (unpaired) electrons. The molecule has 0 bridgehead atoms. The Hall–Kier alpha value is -4.32. The average molecular weight is 507 g/mol. The van der Waals surface area contributed by atoms with Gasteiger partial charge in [-0.1, -0.05) is 17.3 Å². The van der Waals surface area contributed by atoms with Gasteiger partial charge in [0.15, 0.2) is 5.82 Å². The van der Waals surface area contributed by atoms with Crippen molar-refractivity contribution in [2.75, 3.05) is 38.3 Å². The molecule has 12 nitrogen and oxygen atoms in total. The smallest absolute Gasteiger partial charge is 0.407 e. The number of fused-ring (bicyclic) bond motifs is 1. The summed E-state index contributed by atoms with van der Waals surface area (Å²) in [6.45, 7) is 5.00. The summed E-state index contributed by atoms with van der Waals surface area (Å²) in [6.07, 6.45) is 1.06. The van der Waals surface area contributed by atoms with E-state index in [2.05, 4.69) is 42.0 Å². The predicted octanol–water partition coefficient (Wildman–Crippen LogP) is 2.77. The number of methoxy groups -OCH3 is 1. The molecule has 0 saturated carbocycles. The molecule has 0 spiro atoms. The van der Waals surface area contributed by atoms with Crippen LogP contribution in [0.4, 0.5) is 16.6 Å². The molecule has 194 valence electrons. The predicted molar refractivity (Wildman–Crippen MR) is 137 cm³/mol. The third-order valence-electron chi connectivity index (χ3n) is 6.63. The van der Waals surface area contributed by atoms with Gasteiger partial charge in [-0.15, -0.1) is 0 Å². The van der Waals surface area contributed by atoms with Crippen LogP contribution >= 0.6 is 0 Å². The molecule has 0 unspecified atom stereocenters. The molecule has 4 heterocycles. The summed E-state index contributed by atoms with van der Waals surface area (Å²) >= 11 is 0. The van der Waals surface area contributed by atoms with E-state index in [4.69, 9.17) is 20.1 Å². The first-order valence-electron chi connectivity index (χ1n) is 11.9. The molecule has 12 heteroatoms. The number of aromatic nitrogens is 4. The summed E-state index contributed by atoms with van der Waals surface area (Å²) in [6, 6.07) is 9.99. The lowest BCUT2D eigenvalue weighted by Gasteiger charge is -2.43. The number of ether oxygens (including phenoxy) is 1. The molecule has 1 amide bonds. The molecule has 1 fully saturated rings. The number of carboxylic acid groups (broad SMARTS) is 1. The van der Waals surface area contributed by atoms with E-state index in [0.29, 0.717) is 18.9 Å². The molecule has 1 aliphatic rings. The summed E-state index contributed by atoms with van der Waals surface area (Å²) < 4.78 is 12.9. The zero-order valence-electron chi connectivity index (χ0n) is 21.0. The number of benzene rings is 1. The van der Waals surface area contributed by atoms with Crippen LogP contribution in [0.3, 0.4) is 0 Å². The standard InChI is InChI=1S/C25H30N8O4/c1-15-8-18(30-37-15)10-27-23-22-20(28-24(26)29-23)6-7-33(22)12-17-5-4-16(9-21(17)36-3)11-32-13-19(14-32)31(2)25(34)35/h4-9,19H,10-14H2,1-3H3,(H,34,35)(H3,26,27,28,29). The van der Waals surface area contributed by atoms with Gasteiger partial charge >= 0.3 is 6.09 Å². The second-order valence-corrected chi connectivity index (χ2v) is 9.28. The average Bonchev–Trinajstić information content (AvgIpc) is 3.45. The number of nitrogen functional groups attached to an aromatic ring is 1. The van der Waals surface area contributed by atoms with E-state index < -0.39 is 6.09 Å². The number of carbonyl (C=O) groups is 1. The quantitative estimate of drug-likeness (QED) is 0.309. The first-order valence-corrected chi connectivity index (χ1v) is 11.9. The normalized spacial score (nSPS) is 14.0. The maximum atomic E-state index is 11.1. The lowest BCUT2D eigenvalue weighted by Crippen LogP contribution is -2.58. The Labute approximate surface area is 213 Å². The Balaban J connectivity index is 1.32. The molecule has 37 heavy (non-hydrogen) atoms. The van der Waals surface area contributed by atoms with Crippen molar-refractivity contribution >= 4 is 28.9 Å². The number of amides is 1. The number of nitrogens with two attached hydrogens (primary N) is 1. The minimum Gasteiger partial charge on any atom is -0.496 e. The Morgan fingerprint density at radius 1 is 1.27 bits per heavy atom. The lowest BCUT2D eigenvalue weighted by atomic mass is 10.0. The van der Waals surface area contributed by atoms with Gasteiger partial charge in [-0.2, -0.15) is 4.98 Å². The summed E-state index contributed by atoms with van der Waals surface area (Å²) in [4.78, 5) is 23.5. The van der Waals surface area contributed by atoms with Crippen LogP contribution in [-0.4, -0.2) is 74.0 Å². The maximum absolute atomic E-state index is 11.1. The van der Waals surface area contributed by atoms with Crippen molar-refractivity contribution < 1.29 is 19.2 Å². The van der Waals surface area contributed by atoms with E-state index in [9.17, 15) is 4.79 Å². The maximum Gasteiger partial charge on any atom is 0.407 e. The second kappa shape index (κ2) is 9.97. The molecule has 4 aromatic rings. The van der Waals surface area contributed by atoms with Crippen molar-refractivity contribution in [2.24, 2.45) is 0 Å². The highest BCUT2D eigenvalue weighted by molar-refractivity contribution is 5.87. The van der Waals surface area contributed by atoms with Crippen LogP contribution in [0, 0.1) is 6.92 Å². The largest absolute Gasteiger partial charge is 0.496 e. The van der Waals surface area contributed by atoms with Crippen LogP contribution in [0.15, 0.2) is 41.1 Å². The monoisotopic (exact) mass is 506 g/mol. The number of likely N-dealkylation sites (tertiary alicyclic amines) is 1. The fourth-order valence-electron chi connectivity index (χ4n) is 4.59. The van der Waals surface area contributed by atoms with E-state index in [1.807, 2.05) is 31.3 Å². The number of hydrogen-bond donors (Lipinski definition) is 3. The van der Waals surface area contributed by atoms with E-state index in [0.717, 1.165) is 59.0 Å². The fraction of sp³-hybridized carbons (Fsp3) is 0.360. The summed E-state index contributed by atoms with van der Waals surface area (Å²) in [5.41, 5.74) is 10.4. The second-order valence-electron chi connectivity index (χ2n) is 9.28. The van der Waals surface area contributed by atoms with Crippen molar-refractivity contribution in [3.8, 4) is 5.75 Å². The number of hydrogen-bond acceptors (Lipinski definition) is 9. The summed E-state index contributed by atoms with van der Waals surface area (Å²) in [7, 11) is 3.28. The summed E-state index contributed by atoms with van der Waals surface area (Å²) in [5, 5.41) is 16.5. The van der Waals surface area contributed by atoms with Crippen LogP contribution in [-0.2, 0) is 19.6 Å². The van der Waals surface area contributed by atoms with Crippen molar-refractivity contribution in [1.82, 2.24) is 29.5 Å². The molecular formula is C25H30N8O4. The van der Waals surface area contributed by atoms with Gasteiger partial charge in [-0.3, -0.25) is 4.90 Å². The Morgan fingerprint density at radius 2 is 2.08 bits per heavy atom. The van der Waals surface area contributed by atoms with Crippen LogP contribution in [0.2, 0.25) is 0 Å². The fourth-order valence-corrected chi connectivity index (χ4v) is 4.59. The number of anilines is 2. The molecule has 0 aliphatic carbocycles. The SMILES string of the molecule is COc1cc(CN2CC(N(C)C(=O)O)C2)ccc1Cn1ccc2nc(N)nc(NCc3cc(C)on3)c21. The van der Waals surface area contributed by atoms with Crippen LogP contribution in [0.25, 0.3) is 11.0 Å². The molecule has 1 aromatic carbocycles. The Kier molecular flexibility index (Phi) is 6.57. The first kappa shape index (κ1) is 24.4. The van der Waals surface area contributed by atoms with Crippen LogP contribution in [0.5, 0.6) is 5.75 Å². The molecular weight excluding hydrogens is 476 g/mol. The number of aryl methyl sites for hydroxylation is 1. The molecule has 3 aromatic heterocycles. The molecule has 1 aliphatic heterocycles. The number of nitrogens with zero attached hydrogens (tertiary/aromatic N) is 6. The van der Waals surface area contributed by atoms with Gasteiger partial charge in [0, 0.05) is 44.5 Å². The van der Waals surface area contributed by atoms with Crippen molar-refractivity contribution in [3.63, 3.8) is 0 Å². The van der Waals surface area contributed by atoms with E-state index in [1.54, 1.807) is 14.2 Å². The van der Waals surface area contributed by atoms with E-state index in [-0.39, 0.29) is 12.0 Å². The molecule has 4 N–H and O–H groups in total. The molecule has 5 rings (SSSR count). The lowest BCUT2D eigenvalue weighted by molar-refractivity contribution is 0.0443. The summed E-state index contributed by atoms with van der Waals surface area (Å²) in [5.74, 6) is 2.32. The zero-order chi connectivity index (χ0) is 26.1. The minimum absolute atomic E-state index is 0.0352. The minimum atomic E-state index is -0.895. The third-order valence-corrected chi connectivity index (χ3v) is 6.63. The van der Waals surface area contributed by atoms with Crippen molar-refractivity contribution in [2.45, 2.75) is 32.6 Å². The van der Waals surface area contributed by atoms with Gasteiger partial charge in [0.1, 0.15) is 22.7 Å². The Bertz CT molecular complexity index is 1430. The number of likely N-dealkylation sites (N-methyl/N-ethyl adjacent to an activating group) is 1. The van der Waals surface area contributed by atoms with Crippen molar-refractivity contribution in [1.29, 1.82) is 0 Å². The Morgan fingerprint density at radius 3 is 2.78 bits per heavy atom. The van der Waals surface area contributed by atoms with E-state index >= 15 is 0 Å². The van der Waals surface area contributed by atoms with Crippen LogP contribution < -0.4 is 15.8 Å². The molecule has 1 saturated heterocycles. The van der Waals surface area contributed by atoms with Gasteiger partial charge in [-0.05, 0) is 24.6 Å². The van der Waals surface area contributed by atoms with E-state index in [1.165, 1.54) is 4.90 Å². The van der Waals surface area contributed by atoms with Gasteiger partial charge in [0.2, 0.25) is 5.95 Å². The van der Waals surface area contributed by atoms with Crippen molar-refractivity contribution in [3.05, 3.63) is 59.1 Å². The van der Waals surface area contributed by atoms with Gasteiger partial charge in [0.05, 0.1) is 31.8 Å². The van der Waals surface area contributed by atoms with Crippen LogP contribution in [0.1, 0.15) is 22.6 Å². The highest BCUT2D eigenvalue weighted by Crippen LogP contribution is 2.28. The number of rotatable bonds is 9. The topological polar surface area (TPSA) is 148 Å².